The maximum atomic E-state index is 13.2. The van der Waals surface area contributed by atoms with E-state index < -0.39 is 34.3 Å². The van der Waals surface area contributed by atoms with Crippen LogP contribution in [0.4, 0.5) is 37.7 Å². The molecule has 2 aromatic carbocycles. The first-order valence-electron chi connectivity index (χ1n) is 12.6. The van der Waals surface area contributed by atoms with Crippen molar-refractivity contribution in [2.75, 3.05) is 24.3 Å². The first kappa shape index (κ1) is 30.1. The van der Waals surface area contributed by atoms with Crippen molar-refractivity contribution in [3.63, 3.8) is 0 Å². The number of likely N-dealkylation sites (N-methyl/N-ethyl adjacent to an activating group) is 1. The molecule has 0 saturated carbocycles. The van der Waals surface area contributed by atoms with Gasteiger partial charge in [-0.15, -0.1) is 0 Å². The minimum Gasteiger partial charge on any atom is -0.388 e. The Kier molecular flexibility index (Phi) is 8.49. The fraction of sp³-hybridized carbons (Fsp3) is 0.355. The van der Waals surface area contributed by atoms with Crippen LogP contribution in [0.5, 0.6) is 0 Å². The summed E-state index contributed by atoms with van der Waals surface area (Å²) < 4.78 is 79.4. The van der Waals surface area contributed by atoms with Crippen molar-refractivity contribution in [1.82, 2.24) is 0 Å². The lowest BCUT2D eigenvalue weighted by atomic mass is 9.79. The van der Waals surface area contributed by atoms with E-state index in [0.29, 0.717) is 23.2 Å². The number of hydrogen-bond donors (Lipinski definition) is 1. The number of nitrogens with zero attached hydrogens (tertiary/aromatic N) is 1. The van der Waals surface area contributed by atoms with Gasteiger partial charge in [0.1, 0.15) is 0 Å². The summed E-state index contributed by atoms with van der Waals surface area (Å²) in [5.41, 5.74) is 1.03. The van der Waals surface area contributed by atoms with Crippen LogP contribution < -0.4 is 10.2 Å². The van der Waals surface area contributed by atoms with Crippen LogP contribution in [0, 0.1) is 0 Å². The van der Waals surface area contributed by atoms with Gasteiger partial charge in [0, 0.05) is 36.6 Å². The Balaban J connectivity index is 1.68. The third-order valence-electron chi connectivity index (χ3n) is 7.17. The quantitative estimate of drug-likeness (QED) is 0.274. The average Bonchev–Trinajstić information content (AvgIpc) is 3.03. The van der Waals surface area contributed by atoms with Gasteiger partial charge in [-0.1, -0.05) is 64.2 Å². The van der Waals surface area contributed by atoms with Gasteiger partial charge < -0.3 is 10.2 Å². The molecular formula is C31H34F6N2. The summed E-state index contributed by atoms with van der Waals surface area (Å²) in [6, 6.07) is 7.58. The van der Waals surface area contributed by atoms with Crippen LogP contribution in [-0.4, -0.2) is 14.1 Å². The van der Waals surface area contributed by atoms with Gasteiger partial charge >= 0.3 is 12.4 Å². The molecule has 0 aromatic heterocycles. The molecular weight excluding hydrogens is 514 g/mol. The molecule has 39 heavy (non-hydrogen) atoms. The van der Waals surface area contributed by atoms with Crippen LogP contribution in [0.25, 0.3) is 0 Å². The number of fused-ring (bicyclic) bond motifs is 1. The van der Waals surface area contributed by atoms with Gasteiger partial charge in [0.25, 0.3) is 0 Å². The molecule has 0 atom stereocenters. The van der Waals surface area contributed by atoms with E-state index in [2.05, 4.69) is 5.32 Å². The van der Waals surface area contributed by atoms with Crippen LogP contribution >= 0.6 is 0 Å². The van der Waals surface area contributed by atoms with E-state index in [1.807, 2.05) is 82.2 Å². The molecule has 0 radical (unpaired) electrons. The second-order valence-corrected chi connectivity index (χ2v) is 10.8. The molecule has 0 saturated heterocycles. The van der Waals surface area contributed by atoms with E-state index >= 15 is 0 Å². The Bertz CT molecular complexity index is 1310. The van der Waals surface area contributed by atoms with Crippen molar-refractivity contribution in [1.29, 1.82) is 0 Å². The first-order valence-corrected chi connectivity index (χ1v) is 12.6. The summed E-state index contributed by atoms with van der Waals surface area (Å²) >= 11 is 0. The van der Waals surface area contributed by atoms with Gasteiger partial charge in [-0.3, -0.25) is 0 Å². The van der Waals surface area contributed by atoms with Crippen molar-refractivity contribution in [2.45, 2.75) is 57.3 Å². The zero-order valence-corrected chi connectivity index (χ0v) is 22.9. The third kappa shape index (κ3) is 6.60. The molecule has 0 amide bonds. The summed E-state index contributed by atoms with van der Waals surface area (Å²) in [4.78, 5) is 1.90. The van der Waals surface area contributed by atoms with Crippen LogP contribution in [0.3, 0.4) is 0 Å². The van der Waals surface area contributed by atoms with Crippen LogP contribution in [-0.2, 0) is 23.2 Å². The summed E-state index contributed by atoms with van der Waals surface area (Å²) in [5, 5.41) is 2.98. The lowest BCUT2D eigenvalue weighted by molar-refractivity contribution is -0.138. The van der Waals surface area contributed by atoms with E-state index in [-0.39, 0.29) is 0 Å². The van der Waals surface area contributed by atoms with Crippen molar-refractivity contribution in [3.8, 4) is 0 Å². The summed E-state index contributed by atoms with van der Waals surface area (Å²) in [6.45, 7) is 7.61. The lowest BCUT2D eigenvalue weighted by Gasteiger charge is -2.27. The number of halogens is 6. The van der Waals surface area contributed by atoms with Gasteiger partial charge in [0.05, 0.1) is 11.1 Å². The minimum absolute atomic E-state index is 0.526. The average molecular weight is 549 g/mol. The van der Waals surface area contributed by atoms with Crippen LogP contribution in [0.1, 0.15) is 56.4 Å². The van der Waals surface area contributed by atoms with Crippen LogP contribution in [0.2, 0.25) is 0 Å². The third-order valence-corrected chi connectivity index (χ3v) is 7.17. The Morgan fingerprint density at radius 2 is 1.38 bits per heavy atom. The highest BCUT2D eigenvalue weighted by Gasteiger charge is 2.41. The molecule has 1 aliphatic rings. The monoisotopic (exact) mass is 548 g/mol. The molecule has 0 bridgehead atoms. The van der Waals surface area contributed by atoms with Crippen molar-refractivity contribution < 1.29 is 26.3 Å². The number of anilines is 2. The highest BCUT2D eigenvalue weighted by atomic mass is 19.4. The van der Waals surface area contributed by atoms with Gasteiger partial charge in [-0.25, -0.2) is 0 Å². The highest BCUT2D eigenvalue weighted by Crippen LogP contribution is 2.48. The molecule has 0 unspecified atom stereocenters. The van der Waals surface area contributed by atoms with E-state index in [0.717, 1.165) is 23.5 Å². The van der Waals surface area contributed by atoms with Gasteiger partial charge in [0.2, 0.25) is 0 Å². The maximum Gasteiger partial charge on any atom is 0.416 e. The Morgan fingerprint density at radius 1 is 0.821 bits per heavy atom. The molecule has 1 heterocycles. The molecule has 210 valence electrons. The van der Waals surface area contributed by atoms with E-state index in [1.54, 1.807) is 7.05 Å². The minimum atomic E-state index is -4.41. The second-order valence-electron chi connectivity index (χ2n) is 10.8. The largest absolute Gasteiger partial charge is 0.416 e. The molecule has 8 heteroatoms. The van der Waals surface area contributed by atoms with E-state index in [4.69, 9.17) is 0 Å². The number of alkyl halides is 6. The van der Waals surface area contributed by atoms with Crippen molar-refractivity contribution >= 4 is 11.4 Å². The number of nitrogens with one attached hydrogen (secondary N) is 1. The van der Waals surface area contributed by atoms with Crippen molar-refractivity contribution in [3.05, 3.63) is 107 Å². The first-order chi connectivity index (χ1) is 18.0. The molecule has 1 N–H and O–H groups in total. The summed E-state index contributed by atoms with van der Waals surface area (Å²) in [7, 11) is 3.52. The standard InChI is InChI=1S/C31H34F6N2/c1-28(2,23-19-21(30(32,33)34)14-16-25(23)38-5)18-12-10-8-7-9-11-13-27-29(3,4)24-20-22(31(35,36)37)15-17-26(24)39(27)6/h7-17,19-20,38H,18H2,1-6H3/b8-7+,11-9+,12-10+,27-13+. The van der Waals surface area contributed by atoms with Gasteiger partial charge in [-0.05, 0) is 65.4 Å². The SMILES string of the molecule is CNc1ccc(C(F)(F)F)cc1C(C)(C)C/C=C/C=C/C=C/C=C1/N(C)c2ccc(C(F)(F)F)cc2C1(C)C. The zero-order valence-electron chi connectivity index (χ0n) is 22.9. The Morgan fingerprint density at radius 3 is 2.00 bits per heavy atom. The van der Waals surface area contributed by atoms with Gasteiger partial charge in [0.15, 0.2) is 0 Å². The fourth-order valence-corrected chi connectivity index (χ4v) is 4.90. The zero-order chi connectivity index (χ0) is 29.2. The van der Waals surface area contributed by atoms with Crippen LogP contribution in [0.15, 0.2) is 84.6 Å². The molecule has 0 spiro atoms. The topological polar surface area (TPSA) is 15.3 Å². The fourth-order valence-electron chi connectivity index (χ4n) is 4.90. The molecule has 2 nitrogen and oxygen atoms in total. The Hall–Kier alpha value is -3.42. The predicted octanol–water partition coefficient (Wildman–Crippen LogP) is 9.41. The second kappa shape index (κ2) is 11.0. The number of allylic oxidation sites excluding steroid dienone is 8. The molecule has 0 fully saturated rings. The lowest BCUT2D eigenvalue weighted by Crippen LogP contribution is -2.22. The molecule has 1 aliphatic heterocycles. The highest BCUT2D eigenvalue weighted by molar-refractivity contribution is 5.71. The summed E-state index contributed by atoms with van der Waals surface area (Å²) in [6.07, 6.45) is 4.65. The maximum absolute atomic E-state index is 13.2. The number of rotatable bonds is 7. The van der Waals surface area contributed by atoms with Gasteiger partial charge in [-0.2, -0.15) is 26.3 Å². The van der Waals surface area contributed by atoms with E-state index in [9.17, 15) is 26.3 Å². The number of hydrogen-bond acceptors (Lipinski definition) is 2. The predicted molar refractivity (Wildman–Crippen MR) is 147 cm³/mol. The van der Waals surface area contributed by atoms with E-state index in [1.165, 1.54) is 24.3 Å². The Labute approximate surface area is 226 Å². The normalized spacial score (nSPS) is 17.2. The molecule has 3 rings (SSSR count). The van der Waals surface area contributed by atoms with Crippen molar-refractivity contribution in [2.24, 2.45) is 0 Å². The smallest absolute Gasteiger partial charge is 0.388 e. The molecule has 2 aromatic rings. The number of benzene rings is 2. The summed E-state index contributed by atoms with van der Waals surface area (Å²) in [5.74, 6) is 0. The molecule has 0 aliphatic carbocycles.